The van der Waals surface area contributed by atoms with E-state index in [0.717, 1.165) is 25.7 Å². The number of fused-ring (bicyclic) bond motifs is 1. The summed E-state index contributed by atoms with van der Waals surface area (Å²) >= 11 is 0. The summed E-state index contributed by atoms with van der Waals surface area (Å²) in [4.78, 5) is 43.2. The molecular formula is C30H39N3O4. The van der Waals surface area contributed by atoms with Crippen LogP contribution in [0.25, 0.3) is 0 Å². The lowest BCUT2D eigenvalue weighted by Gasteiger charge is -2.38. The van der Waals surface area contributed by atoms with Gasteiger partial charge < -0.3 is 20.3 Å². The van der Waals surface area contributed by atoms with Crippen LogP contribution in [0.1, 0.15) is 71.3 Å². The molecule has 2 N–H and O–H groups in total. The Morgan fingerprint density at radius 2 is 1.78 bits per heavy atom. The highest BCUT2D eigenvalue weighted by molar-refractivity contribution is 6.03. The van der Waals surface area contributed by atoms with Crippen LogP contribution in [0.5, 0.6) is 0 Å². The molecule has 5 aliphatic rings. The molecule has 6 rings (SSSR count). The van der Waals surface area contributed by atoms with Crippen LogP contribution in [0.15, 0.2) is 36.4 Å². The van der Waals surface area contributed by atoms with Crippen molar-refractivity contribution in [1.82, 2.24) is 10.2 Å². The van der Waals surface area contributed by atoms with E-state index < -0.39 is 29.6 Å². The Bertz CT molecular complexity index is 1130. The van der Waals surface area contributed by atoms with E-state index in [4.69, 9.17) is 4.74 Å². The molecule has 1 aromatic rings. The number of rotatable bonds is 6. The average molecular weight is 506 g/mol. The van der Waals surface area contributed by atoms with E-state index in [1.165, 1.54) is 12.0 Å². The van der Waals surface area contributed by atoms with Crippen LogP contribution in [0.2, 0.25) is 0 Å². The zero-order valence-electron chi connectivity index (χ0n) is 22.3. The summed E-state index contributed by atoms with van der Waals surface area (Å²) < 4.78 is 6.46. The number of nitrogens with zero attached hydrogens (tertiary/aromatic N) is 1. The van der Waals surface area contributed by atoms with Gasteiger partial charge in [-0.3, -0.25) is 14.4 Å². The lowest BCUT2D eigenvalue weighted by atomic mass is 9.73. The van der Waals surface area contributed by atoms with Gasteiger partial charge >= 0.3 is 0 Å². The van der Waals surface area contributed by atoms with Crippen LogP contribution in [-0.2, 0) is 19.1 Å². The average Bonchev–Trinajstić information content (AvgIpc) is 3.46. The molecule has 3 heterocycles. The second-order valence-electron chi connectivity index (χ2n) is 12.3. The molecule has 7 heteroatoms. The molecule has 8 atom stereocenters. The van der Waals surface area contributed by atoms with Crippen LogP contribution in [0.4, 0.5) is 5.69 Å². The molecule has 2 saturated carbocycles. The summed E-state index contributed by atoms with van der Waals surface area (Å²) in [6.45, 7) is 8.72. The Balaban J connectivity index is 1.26. The molecule has 7 nitrogen and oxygen atoms in total. The van der Waals surface area contributed by atoms with E-state index in [-0.39, 0.29) is 29.8 Å². The maximum absolute atomic E-state index is 13.9. The van der Waals surface area contributed by atoms with E-state index in [9.17, 15) is 14.4 Å². The fourth-order valence-corrected chi connectivity index (χ4v) is 7.18. The number of benzene rings is 1. The lowest BCUT2D eigenvalue weighted by Crippen LogP contribution is -2.58. The fraction of sp³-hybridized carbons (Fsp3) is 0.633. The fourth-order valence-electron chi connectivity index (χ4n) is 7.18. The summed E-state index contributed by atoms with van der Waals surface area (Å²) in [5, 5.41) is 6.34. The molecule has 3 amide bonds. The van der Waals surface area contributed by atoms with Crippen molar-refractivity contribution in [3.05, 3.63) is 42.0 Å². The first-order valence-corrected chi connectivity index (χ1v) is 14.1. The number of amides is 3. The van der Waals surface area contributed by atoms with Crippen LogP contribution in [0.3, 0.4) is 0 Å². The van der Waals surface area contributed by atoms with E-state index >= 15 is 0 Å². The highest BCUT2D eigenvalue weighted by Gasteiger charge is 2.74. The monoisotopic (exact) mass is 505 g/mol. The summed E-state index contributed by atoms with van der Waals surface area (Å²) in [6.07, 6.45) is 8.30. The van der Waals surface area contributed by atoms with Crippen LogP contribution in [-0.4, -0.2) is 52.5 Å². The van der Waals surface area contributed by atoms with Gasteiger partial charge in [-0.25, -0.2) is 0 Å². The first kappa shape index (κ1) is 24.7. The zero-order chi connectivity index (χ0) is 26.1. The van der Waals surface area contributed by atoms with Gasteiger partial charge in [0.2, 0.25) is 17.7 Å². The van der Waals surface area contributed by atoms with Crippen molar-refractivity contribution in [2.45, 2.75) is 95.5 Å². The van der Waals surface area contributed by atoms with Crippen molar-refractivity contribution < 1.29 is 19.1 Å². The third-order valence-corrected chi connectivity index (χ3v) is 9.68. The van der Waals surface area contributed by atoms with Gasteiger partial charge in [-0.2, -0.15) is 0 Å². The molecule has 198 valence electrons. The Labute approximate surface area is 219 Å². The van der Waals surface area contributed by atoms with E-state index in [1.807, 2.05) is 36.4 Å². The van der Waals surface area contributed by atoms with E-state index in [0.29, 0.717) is 23.4 Å². The van der Waals surface area contributed by atoms with Gasteiger partial charge in [-0.05, 0) is 54.7 Å². The normalized spacial score (nSPS) is 38.2. The molecule has 2 saturated heterocycles. The Kier molecular flexibility index (Phi) is 5.98. The molecule has 1 aromatic carbocycles. The maximum atomic E-state index is 13.9. The SMILES string of the molecule is CC(C)c1ccc(NC(=O)[C@H]2[C@H]3C=C[C@@]4(O3)[C@H]2C(=O)N(C2CC2)[C@@H]4C(=O)N[C@@H]2CCC[C@@H](C)[C@@H]2C)cc1. The molecule has 4 fully saturated rings. The number of likely N-dealkylation sites (tertiary alicyclic amines) is 1. The van der Waals surface area contributed by atoms with Gasteiger partial charge in [0.25, 0.3) is 0 Å². The number of nitrogens with one attached hydrogen (secondary N) is 2. The number of ether oxygens (including phenoxy) is 1. The van der Waals surface area contributed by atoms with Crippen molar-refractivity contribution in [2.75, 3.05) is 5.32 Å². The van der Waals surface area contributed by atoms with Gasteiger partial charge in [-0.1, -0.05) is 64.8 Å². The van der Waals surface area contributed by atoms with Gasteiger partial charge in [-0.15, -0.1) is 0 Å². The molecule has 3 aliphatic heterocycles. The van der Waals surface area contributed by atoms with Crippen molar-refractivity contribution in [3.8, 4) is 0 Å². The second kappa shape index (κ2) is 8.97. The third kappa shape index (κ3) is 3.92. The molecule has 2 aliphatic carbocycles. The molecule has 1 spiro atoms. The molecular weight excluding hydrogens is 466 g/mol. The molecule has 0 radical (unpaired) electrons. The van der Waals surface area contributed by atoms with Gasteiger partial charge in [0.05, 0.1) is 17.9 Å². The minimum atomic E-state index is -1.08. The summed E-state index contributed by atoms with van der Waals surface area (Å²) in [5.74, 6) is -0.476. The van der Waals surface area contributed by atoms with Gasteiger partial charge in [0, 0.05) is 17.8 Å². The third-order valence-electron chi connectivity index (χ3n) is 9.68. The van der Waals surface area contributed by atoms with Gasteiger partial charge in [0.1, 0.15) is 11.6 Å². The Morgan fingerprint density at radius 1 is 1.05 bits per heavy atom. The van der Waals surface area contributed by atoms with Crippen LogP contribution in [0, 0.1) is 23.7 Å². The molecule has 2 bridgehead atoms. The van der Waals surface area contributed by atoms with E-state index in [1.54, 1.807) is 4.90 Å². The van der Waals surface area contributed by atoms with Crippen molar-refractivity contribution in [2.24, 2.45) is 23.7 Å². The largest absolute Gasteiger partial charge is 0.359 e. The maximum Gasteiger partial charge on any atom is 0.246 e. The second-order valence-corrected chi connectivity index (χ2v) is 12.3. The van der Waals surface area contributed by atoms with Crippen molar-refractivity contribution >= 4 is 23.4 Å². The minimum absolute atomic E-state index is 0.0502. The standard InChI is InChI=1S/C30H39N3O4/c1-16(2)19-8-10-20(11-9-19)31-27(34)24-23-14-15-30(37-23)25(24)29(36)33(21-12-13-21)26(30)28(35)32-22-7-5-6-17(3)18(22)4/h8-11,14-18,21-26H,5-7,12-13H2,1-4H3,(H,31,34)(H,32,35)/t17-,18+,22-,23-,24+,25-,26-,30-/m1/s1. The van der Waals surface area contributed by atoms with Crippen molar-refractivity contribution in [1.29, 1.82) is 0 Å². The first-order chi connectivity index (χ1) is 17.7. The highest BCUT2D eigenvalue weighted by atomic mass is 16.5. The zero-order valence-corrected chi connectivity index (χ0v) is 22.3. The number of hydrogen-bond donors (Lipinski definition) is 2. The quantitative estimate of drug-likeness (QED) is 0.572. The molecule has 37 heavy (non-hydrogen) atoms. The van der Waals surface area contributed by atoms with Gasteiger partial charge in [0.15, 0.2) is 0 Å². The predicted octanol–water partition coefficient (Wildman–Crippen LogP) is 4.00. The Morgan fingerprint density at radius 3 is 2.46 bits per heavy atom. The van der Waals surface area contributed by atoms with Crippen molar-refractivity contribution in [3.63, 3.8) is 0 Å². The smallest absolute Gasteiger partial charge is 0.246 e. The van der Waals surface area contributed by atoms with E-state index in [2.05, 4.69) is 38.3 Å². The number of anilines is 1. The summed E-state index contributed by atoms with van der Waals surface area (Å²) in [7, 11) is 0. The van der Waals surface area contributed by atoms with Crippen LogP contribution >= 0.6 is 0 Å². The topological polar surface area (TPSA) is 87.7 Å². The number of carbonyl (C=O) groups excluding carboxylic acids is 3. The molecule has 0 aromatic heterocycles. The summed E-state index contributed by atoms with van der Waals surface area (Å²) in [5.41, 5.74) is 0.820. The number of hydrogen-bond acceptors (Lipinski definition) is 4. The predicted molar refractivity (Wildman–Crippen MR) is 141 cm³/mol. The lowest BCUT2D eigenvalue weighted by molar-refractivity contribution is -0.142. The van der Waals surface area contributed by atoms with Crippen LogP contribution < -0.4 is 10.6 Å². The highest BCUT2D eigenvalue weighted by Crippen LogP contribution is 2.57. The number of carbonyl (C=O) groups is 3. The minimum Gasteiger partial charge on any atom is -0.359 e. The molecule has 0 unspecified atom stereocenters. The Hall–Kier alpha value is -2.67. The first-order valence-electron chi connectivity index (χ1n) is 14.1. The summed E-state index contributed by atoms with van der Waals surface area (Å²) in [6, 6.07) is 7.26.